The van der Waals surface area contributed by atoms with E-state index in [2.05, 4.69) is 15.5 Å². The van der Waals surface area contributed by atoms with E-state index in [0.717, 1.165) is 24.8 Å². The Balaban J connectivity index is 1.46. The normalized spacial score (nSPS) is 14.6. The number of aromatic nitrogens is 2. The molecular weight excluding hydrogens is 354 g/mol. The average molecular weight is 379 g/mol. The van der Waals surface area contributed by atoms with E-state index in [0.29, 0.717) is 47.3 Å². The zero-order valence-electron chi connectivity index (χ0n) is 16.1. The van der Waals surface area contributed by atoms with Gasteiger partial charge in [0.1, 0.15) is 0 Å². The molecule has 1 N–H and O–H groups in total. The molecule has 2 heterocycles. The van der Waals surface area contributed by atoms with Gasteiger partial charge in [-0.25, -0.2) is 4.98 Å². The van der Waals surface area contributed by atoms with Gasteiger partial charge in [0.15, 0.2) is 0 Å². The highest BCUT2D eigenvalue weighted by Gasteiger charge is 2.19. The number of amides is 1. The summed E-state index contributed by atoms with van der Waals surface area (Å²) < 4.78 is 11.2. The highest BCUT2D eigenvalue weighted by atomic mass is 16.5. The molecule has 0 aliphatic heterocycles. The molecule has 1 aliphatic rings. The predicted molar refractivity (Wildman–Crippen MR) is 107 cm³/mol. The van der Waals surface area contributed by atoms with E-state index in [1.807, 2.05) is 43.3 Å². The molecule has 1 aromatic carbocycles. The SMILES string of the molecule is Cc1noc2nc(-c3ccccc3)cc(C(=O)NCCCOC3CCCC3)c12. The van der Waals surface area contributed by atoms with Crippen LogP contribution in [0.2, 0.25) is 0 Å². The van der Waals surface area contributed by atoms with Gasteiger partial charge in [-0.3, -0.25) is 4.79 Å². The average Bonchev–Trinajstić information content (AvgIpc) is 3.37. The first-order valence-electron chi connectivity index (χ1n) is 9.94. The van der Waals surface area contributed by atoms with Crippen LogP contribution in [-0.4, -0.2) is 35.3 Å². The molecule has 6 heteroatoms. The second kappa shape index (κ2) is 8.52. The van der Waals surface area contributed by atoms with Gasteiger partial charge in [-0.05, 0) is 32.3 Å². The van der Waals surface area contributed by atoms with Crippen molar-refractivity contribution >= 4 is 17.0 Å². The number of nitrogens with zero attached hydrogens (tertiary/aromatic N) is 2. The van der Waals surface area contributed by atoms with Crippen LogP contribution in [0.25, 0.3) is 22.4 Å². The second-order valence-electron chi connectivity index (χ2n) is 7.26. The molecule has 0 saturated heterocycles. The summed E-state index contributed by atoms with van der Waals surface area (Å²) in [7, 11) is 0. The lowest BCUT2D eigenvalue weighted by molar-refractivity contribution is 0.0565. The fraction of sp³-hybridized carbons (Fsp3) is 0.409. The molecular formula is C22H25N3O3. The summed E-state index contributed by atoms with van der Waals surface area (Å²) in [6, 6.07) is 11.6. The van der Waals surface area contributed by atoms with Crippen molar-refractivity contribution in [3.05, 3.63) is 47.7 Å². The van der Waals surface area contributed by atoms with E-state index in [1.165, 1.54) is 12.8 Å². The van der Waals surface area contributed by atoms with Crippen LogP contribution in [0.1, 0.15) is 48.2 Å². The molecule has 0 unspecified atom stereocenters. The Morgan fingerprint density at radius 2 is 2.04 bits per heavy atom. The summed E-state index contributed by atoms with van der Waals surface area (Å²) in [6.07, 6.45) is 6.06. The van der Waals surface area contributed by atoms with Gasteiger partial charge in [-0.1, -0.05) is 48.3 Å². The first-order chi connectivity index (χ1) is 13.7. The van der Waals surface area contributed by atoms with Crippen LogP contribution in [0.3, 0.4) is 0 Å². The van der Waals surface area contributed by atoms with E-state index in [4.69, 9.17) is 9.26 Å². The van der Waals surface area contributed by atoms with E-state index < -0.39 is 0 Å². The van der Waals surface area contributed by atoms with Crippen LogP contribution >= 0.6 is 0 Å². The molecule has 4 rings (SSSR count). The van der Waals surface area contributed by atoms with Gasteiger partial charge in [-0.15, -0.1) is 0 Å². The van der Waals surface area contributed by atoms with Gasteiger partial charge in [0.2, 0.25) is 0 Å². The maximum Gasteiger partial charge on any atom is 0.259 e. The van der Waals surface area contributed by atoms with Gasteiger partial charge in [0.05, 0.1) is 28.4 Å². The molecule has 1 amide bonds. The molecule has 0 bridgehead atoms. The van der Waals surface area contributed by atoms with Crippen LogP contribution in [0, 0.1) is 6.92 Å². The third-order valence-corrected chi connectivity index (χ3v) is 5.19. The van der Waals surface area contributed by atoms with Crippen LogP contribution < -0.4 is 5.32 Å². The highest BCUT2D eigenvalue weighted by Crippen LogP contribution is 2.27. The number of rotatable bonds is 7. The van der Waals surface area contributed by atoms with E-state index in [9.17, 15) is 4.79 Å². The summed E-state index contributed by atoms with van der Waals surface area (Å²) in [5.41, 5.74) is 3.21. The number of pyridine rings is 1. The van der Waals surface area contributed by atoms with Crippen molar-refractivity contribution in [2.24, 2.45) is 0 Å². The largest absolute Gasteiger partial charge is 0.378 e. The van der Waals surface area contributed by atoms with Crippen LogP contribution in [0.4, 0.5) is 0 Å². The van der Waals surface area contributed by atoms with Gasteiger partial charge in [-0.2, -0.15) is 0 Å². The quantitative estimate of drug-likeness (QED) is 0.620. The van der Waals surface area contributed by atoms with Crippen molar-refractivity contribution < 1.29 is 14.1 Å². The number of benzene rings is 1. The summed E-state index contributed by atoms with van der Waals surface area (Å²) in [6.45, 7) is 3.07. The predicted octanol–water partition coefficient (Wildman–Crippen LogP) is 4.28. The van der Waals surface area contributed by atoms with Crippen LogP contribution in [0.5, 0.6) is 0 Å². The number of aryl methyl sites for hydroxylation is 1. The van der Waals surface area contributed by atoms with E-state index >= 15 is 0 Å². The standard InChI is InChI=1S/C22H25N3O3/c1-15-20-18(21(26)23-12-7-13-27-17-10-5-6-11-17)14-19(24-22(20)28-25-15)16-8-3-2-4-9-16/h2-4,8-9,14,17H,5-7,10-13H2,1H3,(H,23,26). The first kappa shape index (κ1) is 18.6. The van der Waals surface area contributed by atoms with E-state index in [1.54, 1.807) is 0 Å². The van der Waals surface area contributed by atoms with Crippen molar-refractivity contribution in [2.45, 2.75) is 45.1 Å². The number of fused-ring (bicyclic) bond motifs is 1. The lowest BCUT2D eigenvalue weighted by Gasteiger charge is -2.11. The molecule has 1 saturated carbocycles. The Hall–Kier alpha value is -2.73. The molecule has 0 atom stereocenters. The Kier molecular flexibility index (Phi) is 5.67. The van der Waals surface area contributed by atoms with Crippen molar-refractivity contribution in [1.82, 2.24) is 15.5 Å². The third kappa shape index (κ3) is 4.07. The Morgan fingerprint density at radius 1 is 1.25 bits per heavy atom. The van der Waals surface area contributed by atoms with Crippen LogP contribution in [-0.2, 0) is 4.74 Å². The number of hydrogen-bond donors (Lipinski definition) is 1. The van der Waals surface area contributed by atoms with Crippen molar-refractivity contribution in [2.75, 3.05) is 13.2 Å². The number of ether oxygens (including phenoxy) is 1. The van der Waals surface area contributed by atoms with Crippen molar-refractivity contribution in [1.29, 1.82) is 0 Å². The smallest absolute Gasteiger partial charge is 0.259 e. The summed E-state index contributed by atoms with van der Waals surface area (Å²) >= 11 is 0. The fourth-order valence-corrected chi connectivity index (χ4v) is 3.70. The molecule has 28 heavy (non-hydrogen) atoms. The molecule has 146 valence electrons. The maximum absolute atomic E-state index is 12.9. The van der Waals surface area contributed by atoms with E-state index in [-0.39, 0.29) is 5.91 Å². The third-order valence-electron chi connectivity index (χ3n) is 5.19. The highest BCUT2D eigenvalue weighted by molar-refractivity contribution is 6.06. The van der Waals surface area contributed by atoms with Crippen LogP contribution in [0.15, 0.2) is 40.9 Å². The lowest BCUT2D eigenvalue weighted by atomic mass is 10.1. The van der Waals surface area contributed by atoms with Gasteiger partial charge >= 0.3 is 0 Å². The number of hydrogen-bond acceptors (Lipinski definition) is 5. The summed E-state index contributed by atoms with van der Waals surface area (Å²) in [5, 5.41) is 7.65. The monoisotopic (exact) mass is 379 g/mol. The van der Waals surface area contributed by atoms with Gasteiger partial charge < -0.3 is 14.6 Å². The second-order valence-corrected chi connectivity index (χ2v) is 7.26. The minimum atomic E-state index is -0.142. The molecule has 0 radical (unpaired) electrons. The zero-order chi connectivity index (χ0) is 19.3. The lowest BCUT2D eigenvalue weighted by Crippen LogP contribution is -2.26. The molecule has 2 aromatic heterocycles. The molecule has 0 spiro atoms. The van der Waals surface area contributed by atoms with Crippen molar-refractivity contribution in [3.8, 4) is 11.3 Å². The topological polar surface area (TPSA) is 77.2 Å². The van der Waals surface area contributed by atoms with Gasteiger partial charge in [0.25, 0.3) is 11.6 Å². The molecule has 1 aliphatic carbocycles. The minimum absolute atomic E-state index is 0.142. The first-order valence-corrected chi connectivity index (χ1v) is 9.94. The maximum atomic E-state index is 12.9. The molecule has 6 nitrogen and oxygen atoms in total. The molecule has 1 fully saturated rings. The summed E-state index contributed by atoms with van der Waals surface area (Å²) in [5.74, 6) is -0.142. The zero-order valence-corrected chi connectivity index (χ0v) is 16.1. The number of nitrogens with one attached hydrogen (secondary N) is 1. The summed E-state index contributed by atoms with van der Waals surface area (Å²) in [4.78, 5) is 17.4. The Bertz CT molecular complexity index is 946. The Morgan fingerprint density at radius 3 is 2.82 bits per heavy atom. The fourth-order valence-electron chi connectivity index (χ4n) is 3.70. The minimum Gasteiger partial charge on any atom is -0.378 e. The van der Waals surface area contributed by atoms with Gasteiger partial charge in [0, 0.05) is 18.7 Å². The Labute approximate surface area is 164 Å². The van der Waals surface area contributed by atoms with Crippen molar-refractivity contribution in [3.63, 3.8) is 0 Å². The number of carbonyl (C=O) groups excluding carboxylic acids is 1. The number of carbonyl (C=O) groups is 1. The molecule has 3 aromatic rings.